The van der Waals surface area contributed by atoms with Gasteiger partial charge in [-0.05, 0) is 48.2 Å². The van der Waals surface area contributed by atoms with Crippen LogP contribution >= 0.6 is 11.3 Å². The fraction of sp³-hybridized carbons (Fsp3) is 0.300. The fourth-order valence-electron chi connectivity index (χ4n) is 3.26. The van der Waals surface area contributed by atoms with Gasteiger partial charge in [0.2, 0.25) is 5.91 Å². The van der Waals surface area contributed by atoms with E-state index in [1.807, 2.05) is 18.2 Å². The maximum absolute atomic E-state index is 12.6. The number of alkyl halides is 3. The van der Waals surface area contributed by atoms with Gasteiger partial charge in [-0.2, -0.15) is 13.2 Å². The summed E-state index contributed by atoms with van der Waals surface area (Å²) in [6.45, 7) is 0. The molecule has 0 spiro atoms. The van der Waals surface area contributed by atoms with Gasteiger partial charge in [-0.1, -0.05) is 17.4 Å². The van der Waals surface area contributed by atoms with Crippen LogP contribution in [0.2, 0.25) is 0 Å². The number of anilines is 1. The van der Waals surface area contributed by atoms with Gasteiger partial charge >= 0.3 is 6.18 Å². The van der Waals surface area contributed by atoms with E-state index >= 15 is 0 Å². The number of aryl methyl sites for hydroxylation is 1. The normalized spacial score (nSPS) is 14.5. The lowest BCUT2D eigenvalue weighted by atomic mass is 10.0. The molecule has 4 rings (SSSR count). The van der Waals surface area contributed by atoms with E-state index in [0.29, 0.717) is 31.2 Å². The first kappa shape index (κ1) is 20.4. The van der Waals surface area contributed by atoms with Crippen molar-refractivity contribution in [2.45, 2.75) is 37.9 Å². The summed E-state index contributed by atoms with van der Waals surface area (Å²) in [6.07, 6.45) is -1.18. The van der Waals surface area contributed by atoms with Gasteiger partial charge in [0.05, 0.1) is 6.42 Å². The van der Waals surface area contributed by atoms with Crippen molar-refractivity contribution in [1.29, 1.82) is 0 Å². The van der Waals surface area contributed by atoms with Crippen LogP contribution in [0.15, 0.2) is 36.5 Å². The number of nitrogens with zero attached hydrogens (tertiary/aromatic N) is 3. The van der Waals surface area contributed by atoms with Crippen LogP contribution in [0.3, 0.4) is 0 Å². The Labute approximate surface area is 174 Å². The molecule has 2 aromatic heterocycles. The summed E-state index contributed by atoms with van der Waals surface area (Å²) in [5.41, 5.74) is 8.58. The number of benzene rings is 1. The molecule has 0 aliphatic carbocycles. The number of nitrogens with two attached hydrogens (primary N) is 1. The number of carbonyl (C=O) groups excluding carboxylic acids is 1. The largest absolute Gasteiger partial charge is 0.433 e. The maximum atomic E-state index is 12.6. The highest BCUT2D eigenvalue weighted by Gasteiger charge is 2.32. The minimum atomic E-state index is -4.44. The molecule has 3 heterocycles. The van der Waals surface area contributed by atoms with Crippen molar-refractivity contribution in [3.63, 3.8) is 0 Å². The summed E-state index contributed by atoms with van der Waals surface area (Å²) in [5, 5.41) is 12.8. The van der Waals surface area contributed by atoms with Crippen LogP contribution in [0.4, 0.5) is 18.9 Å². The van der Waals surface area contributed by atoms with Gasteiger partial charge in [-0.3, -0.25) is 9.78 Å². The predicted molar refractivity (Wildman–Crippen MR) is 107 cm³/mol. The highest BCUT2D eigenvalue weighted by molar-refractivity contribution is 7.14. The van der Waals surface area contributed by atoms with Crippen LogP contribution in [-0.4, -0.2) is 27.1 Å². The van der Waals surface area contributed by atoms with Gasteiger partial charge in [0.1, 0.15) is 15.7 Å². The molecule has 10 heteroatoms. The number of halogens is 3. The van der Waals surface area contributed by atoms with Gasteiger partial charge in [0.15, 0.2) is 0 Å². The summed E-state index contributed by atoms with van der Waals surface area (Å²) >= 11 is 1.46. The molecule has 0 radical (unpaired) electrons. The number of rotatable bonds is 6. The Hall–Kier alpha value is -2.85. The smallest absolute Gasteiger partial charge is 0.327 e. The van der Waals surface area contributed by atoms with E-state index in [9.17, 15) is 18.0 Å². The number of amides is 1. The molecule has 0 fully saturated rings. The van der Waals surface area contributed by atoms with E-state index in [1.165, 1.54) is 23.6 Å². The van der Waals surface area contributed by atoms with E-state index in [4.69, 9.17) is 5.73 Å². The first-order valence-electron chi connectivity index (χ1n) is 9.31. The molecule has 1 aliphatic rings. The highest BCUT2D eigenvalue weighted by Crippen LogP contribution is 2.31. The highest BCUT2D eigenvalue weighted by atomic mass is 32.1. The van der Waals surface area contributed by atoms with Crippen molar-refractivity contribution in [2.75, 3.05) is 5.32 Å². The number of nitrogens with one attached hydrogen (secondary N) is 1. The standard InChI is InChI=1S/C20H18F3N5OS/c21-20(22,23)16-5-1-11(10-25-16)7-14(24)3-6-18-27-28-19(30-18)12-2-4-15-13(8-12)9-17(29)26-15/h1-2,4-5,8,10,14H,3,6-7,9,24H2,(H,26,29)/t14-/m1/s1. The van der Waals surface area contributed by atoms with Crippen molar-refractivity contribution in [3.8, 4) is 10.6 Å². The third kappa shape index (κ3) is 4.65. The minimum absolute atomic E-state index is 0.0164. The third-order valence-electron chi connectivity index (χ3n) is 4.79. The van der Waals surface area contributed by atoms with Crippen LogP contribution in [0.25, 0.3) is 10.6 Å². The van der Waals surface area contributed by atoms with E-state index in [2.05, 4.69) is 20.5 Å². The van der Waals surface area contributed by atoms with Gasteiger partial charge in [-0.15, -0.1) is 10.2 Å². The quantitative estimate of drug-likeness (QED) is 0.619. The van der Waals surface area contributed by atoms with Crippen LogP contribution < -0.4 is 11.1 Å². The minimum Gasteiger partial charge on any atom is -0.327 e. The predicted octanol–water partition coefficient (Wildman–Crippen LogP) is 3.62. The Morgan fingerprint density at radius 2 is 2.03 bits per heavy atom. The zero-order valence-electron chi connectivity index (χ0n) is 15.7. The Morgan fingerprint density at radius 1 is 1.20 bits per heavy atom. The molecular formula is C20H18F3N5OS. The first-order chi connectivity index (χ1) is 14.3. The lowest BCUT2D eigenvalue weighted by Gasteiger charge is -2.11. The van der Waals surface area contributed by atoms with Crippen LogP contribution in [0.5, 0.6) is 0 Å². The summed E-state index contributed by atoms with van der Waals surface area (Å²) in [6, 6.07) is 7.86. The molecule has 30 heavy (non-hydrogen) atoms. The van der Waals surface area contributed by atoms with Crippen molar-refractivity contribution in [1.82, 2.24) is 15.2 Å². The van der Waals surface area contributed by atoms with Gasteiger partial charge in [0, 0.05) is 29.9 Å². The van der Waals surface area contributed by atoms with E-state index in [1.54, 1.807) is 0 Å². The first-order valence-corrected chi connectivity index (χ1v) is 10.1. The summed E-state index contributed by atoms with van der Waals surface area (Å²) in [7, 11) is 0. The molecule has 0 bridgehead atoms. The van der Waals surface area contributed by atoms with Gasteiger partial charge in [0.25, 0.3) is 0 Å². The zero-order valence-corrected chi connectivity index (χ0v) is 16.6. The lowest BCUT2D eigenvalue weighted by Crippen LogP contribution is -2.23. The second-order valence-corrected chi connectivity index (χ2v) is 8.21. The maximum Gasteiger partial charge on any atom is 0.433 e. The van der Waals surface area contributed by atoms with Crippen LogP contribution in [0, 0.1) is 0 Å². The Bertz CT molecular complexity index is 1070. The molecule has 0 unspecified atom stereocenters. The third-order valence-corrected chi connectivity index (χ3v) is 5.82. The van der Waals surface area contributed by atoms with Gasteiger partial charge in [-0.25, -0.2) is 0 Å². The van der Waals surface area contributed by atoms with E-state index < -0.39 is 11.9 Å². The van der Waals surface area contributed by atoms with Crippen molar-refractivity contribution < 1.29 is 18.0 Å². The number of hydrogen-bond acceptors (Lipinski definition) is 6. The second kappa shape index (κ2) is 8.11. The van der Waals surface area contributed by atoms with Crippen LogP contribution in [0.1, 0.15) is 28.2 Å². The molecule has 1 aromatic carbocycles. The molecule has 0 saturated heterocycles. The Morgan fingerprint density at radius 3 is 2.77 bits per heavy atom. The second-order valence-electron chi connectivity index (χ2n) is 7.15. The fourth-order valence-corrected chi connectivity index (χ4v) is 4.11. The summed E-state index contributed by atoms with van der Waals surface area (Å²) < 4.78 is 37.7. The number of fused-ring (bicyclic) bond motifs is 1. The zero-order chi connectivity index (χ0) is 21.3. The molecule has 1 atom stereocenters. The molecular weight excluding hydrogens is 415 g/mol. The lowest BCUT2D eigenvalue weighted by molar-refractivity contribution is -0.141. The van der Waals surface area contributed by atoms with E-state index in [0.717, 1.165) is 32.9 Å². The summed E-state index contributed by atoms with van der Waals surface area (Å²) in [4.78, 5) is 15.0. The topological polar surface area (TPSA) is 93.8 Å². The van der Waals surface area contributed by atoms with Crippen molar-refractivity contribution in [3.05, 3.63) is 58.4 Å². The number of aromatic nitrogens is 3. The van der Waals surface area contributed by atoms with Gasteiger partial charge < -0.3 is 11.1 Å². The molecule has 0 saturated carbocycles. The SMILES string of the molecule is N[C@H](CCc1nnc(-c2ccc3c(c2)CC(=O)N3)s1)Cc1ccc(C(F)(F)F)nc1. The molecule has 1 aliphatic heterocycles. The molecule has 3 aromatic rings. The molecule has 3 N–H and O–H groups in total. The number of pyridine rings is 1. The van der Waals surface area contributed by atoms with E-state index in [-0.39, 0.29) is 11.9 Å². The Kier molecular flexibility index (Phi) is 5.52. The molecule has 156 valence electrons. The number of hydrogen-bond donors (Lipinski definition) is 2. The number of carbonyl (C=O) groups is 1. The monoisotopic (exact) mass is 433 g/mol. The average molecular weight is 433 g/mol. The molecule has 1 amide bonds. The summed E-state index contributed by atoms with van der Waals surface area (Å²) in [5.74, 6) is -0.0164. The Balaban J connectivity index is 1.33. The average Bonchev–Trinajstić information content (AvgIpc) is 3.31. The van der Waals surface area contributed by atoms with Crippen LogP contribution in [-0.2, 0) is 30.2 Å². The van der Waals surface area contributed by atoms with Crippen molar-refractivity contribution in [2.24, 2.45) is 5.73 Å². The molecule has 6 nitrogen and oxygen atoms in total. The van der Waals surface area contributed by atoms with Crippen molar-refractivity contribution >= 4 is 22.9 Å².